The molecule has 31 heavy (non-hydrogen) atoms. The summed E-state index contributed by atoms with van der Waals surface area (Å²) in [6.07, 6.45) is 0. The Labute approximate surface area is 185 Å². The monoisotopic (exact) mass is 441 g/mol. The van der Waals surface area contributed by atoms with E-state index >= 15 is 0 Å². The summed E-state index contributed by atoms with van der Waals surface area (Å²) in [7, 11) is 1.60. The Morgan fingerprint density at radius 2 is 1.74 bits per heavy atom. The first kappa shape index (κ1) is 22.4. The van der Waals surface area contributed by atoms with Crippen molar-refractivity contribution in [2.45, 2.75) is 20.4 Å². The van der Waals surface area contributed by atoms with Gasteiger partial charge < -0.3 is 14.8 Å². The van der Waals surface area contributed by atoms with E-state index in [0.29, 0.717) is 16.5 Å². The fraction of sp³-hybridized carbons (Fsp3) is 0.261. The minimum atomic E-state index is -0.287. The molecule has 0 saturated carbocycles. The van der Waals surface area contributed by atoms with Gasteiger partial charge in [-0.15, -0.1) is 0 Å². The molecular formula is C23H24ClN3O4. The number of ether oxygens (including phenoxy) is 2. The van der Waals surface area contributed by atoms with Gasteiger partial charge in [-0.05, 0) is 67.4 Å². The summed E-state index contributed by atoms with van der Waals surface area (Å²) in [4.78, 5) is 24.2. The van der Waals surface area contributed by atoms with Crippen molar-refractivity contribution in [3.8, 4) is 22.8 Å². The van der Waals surface area contributed by atoms with Crippen molar-refractivity contribution in [1.29, 1.82) is 0 Å². The maximum Gasteiger partial charge on any atom is 0.266 e. The number of hydrogen-bond donors (Lipinski definition) is 1. The summed E-state index contributed by atoms with van der Waals surface area (Å²) < 4.78 is 12.0. The van der Waals surface area contributed by atoms with Crippen LogP contribution in [0.1, 0.15) is 11.1 Å². The number of nitrogens with zero attached hydrogens (tertiary/aromatic N) is 2. The summed E-state index contributed by atoms with van der Waals surface area (Å²) in [5.41, 5.74) is 3.05. The number of nitrogens with one attached hydrogen (secondary N) is 1. The summed E-state index contributed by atoms with van der Waals surface area (Å²) in [5.74, 6) is 1.04. The molecule has 0 aliphatic heterocycles. The smallest absolute Gasteiger partial charge is 0.266 e. The lowest BCUT2D eigenvalue weighted by atomic mass is 10.1. The normalized spacial score (nSPS) is 10.6. The molecule has 0 aliphatic rings. The molecule has 0 atom stereocenters. The van der Waals surface area contributed by atoms with Gasteiger partial charge in [-0.3, -0.25) is 9.59 Å². The second-order valence-electron chi connectivity index (χ2n) is 7.02. The highest BCUT2D eigenvalue weighted by Gasteiger charge is 2.08. The number of carbonyl (C=O) groups excluding carboxylic acids is 1. The van der Waals surface area contributed by atoms with Gasteiger partial charge in [0.2, 0.25) is 0 Å². The Bertz CT molecular complexity index is 1100. The van der Waals surface area contributed by atoms with Gasteiger partial charge in [0, 0.05) is 23.2 Å². The van der Waals surface area contributed by atoms with Crippen LogP contribution in [-0.4, -0.2) is 35.9 Å². The number of halogens is 1. The fourth-order valence-corrected chi connectivity index (χ4v) is 3.12. The Morgan fingerprint density at radius 3 is 2.39 bits per heavy atom. The van der Waals surface area contributed by atoms with Gasteiger partial charge >= 0.3 is 0 Å². The number of aromatic nitrogens is 2. The molecule has 7 nitrogen and oxygen atoms in total. The minimum Gasteiger partial charge on any atom is -0.497 e. The highest BCUT2D eigenvalue weighted by Crippen LogP contribution is 2.25. The summed E-state index contributed by atoms with van der Waals surface area (Å²) in [6.45, 7) is 4.13. The van der Waals surface area contributed by atoms with Crippen molar-refractivity contribution in [2.24, 2.45) is 0 Å². The third-order valence-corrected chi connectivity index (χ3v) is 5.27. The minimum absolute atomic E-state index is 0.130. The maximum atomic E-state index is 12.1. The molecule has 1 aromatic heterocycles. The molecule has 8 heteroatoms. The van der Waals surface area contributed by atoms with Crippen molar-refractivity contribution in [1.82, 2.24) is 15.1 Å². The Balaban J connectivity index is 1.55. The average Bonchev–Trinajstić information content (AvgIpc) is 2.77. The van der Waals surface area contributed by atoms with Crippen molar-refractivity contribution in [2.75, 3.05) is 20.3 Å². The van der Waals surface area contributed by atoms with Gasteiger partial charge in [-0.1, -0.05) is 11.6 Å². The van der Waals surface area contributed by atoms with Crippen LogP contribution in [0.5, 0.6) is 11.5 Å². The van der Waals surface area contributed by atoms with Gasteiger partial charge in [0.05, 0.1) is 19.3 Å². The number of carbonyl (C=O) groups is 1. The third-order valence-electron chi connectivity index (χ3n) is 4.68. The average molecular weight is 442 g/mol. The van der Waals surface area contributed by atoms with Crippen LogP contribution in [0.15, 0.2) is 53.3 Å². The maximum absolute atomic E-state index is 12.1. The van der Waals surface area contributed by atoms with Gasteiger partial charge in [0.15, 0.2) is 6.61 Å². The summed E-state index contributed by atoms with van der Waals surface area (Å²) >= 11 is 6.14. The molecule has 0 saturated heterocycles. The van der Waals surface area contributed by atoms with Gasteiger partial charge in [-0.25, -0.2) is 4.68 Å². The number of rotatable bonds is 8. The van der Waals surface area contributed by atoms with Crippen LogP contribution in [0.25, 0.3) is 11.3 Å². The number of benzene rings is 2. The molecule has 1 heterocycles. The van der Waals surface area contributed by atoms with Crippen LogP contribution in [0.3, 0.4) is 0 Å². The van der Waals surface area contributed by atoms with Gasteiger partial charge in [0.1, 0.15) is 11.5 Å². The van der Waals surface area contributed by atoms with E-state index < -0.39 is 0 Å². The summed E-state index contributed by atoms with van der Waals surface area (Å²) in [5, 5.41) is 7.81. The SMILES string of the molecule is COc1ccc(-c2ccc(=O)n(CCNC(=O)COc3cc(C)c(Cl)c(C)c3)n2)cc1. The molecule has 3 rings (SSSR count). The predicted octanol–water partition coefficient (Wildman–Crippen LogP) is 3.38. The second kappa shape index (κ2) is 10.1. The summed E-state index contributed by atoms with van der Waals surface area (Å²) in [6, 6.07) is 14.1. The second-order valence-corrected chi connectivity index (χ2v) is 7.40. The molecule has 3 aromatic rings. The number of methoxy groups -OCH3 is 1. The first-order valence-corrected chi connectivity index (χ1v) is 10.1. The van der Waals surface area contributed by atoms with Crippen molar-refractivity contribution in [3.63, 3.8) is 0 Å². The lowest BCUT2D eigenvalue weighted by Gasteiger charge is -2.11. The van der Waals surface area contributed by atoms with E-state index in [1.54, 1.807) is 25.3 Å². The zero-order valence-electron chi connectivity index (χ0n) is 17.6. The first-order valence-electron chi connectivity index (χ1n) is 9.76. The Morgan fingerprint density at radius 1 is 1.06 bits per heavy atom. The zero-order chi connectivity index (χ0) is 22.4. The molecule has 1 N–H and O–H groups in total. The van der Waals surface area contributed by atoms with E-state index in [4.69, 9.17) is 21.1 Å². The fourth-order valence-electron chi connectivity index (χ4n) is 3.02. The molecular weight excluding hydrogens is 418 g/mol. The van der Waals surface area contributed by atoms with Gasteiger partial charge in [-0.2, -0.15) is 5.10 Å². The lowest BCUT2D eigenvalue weighted by Crippen LogP contribution is -2.34. The first-order chi connectivity index (χ1) is 14.9. The van der Waals surface area contributed by atoms with Crippen LogP contribution in [0.4, 0.5) is 0 Å². The number of hydrogen-bond acceptors (Lipinski definition) is 5. The Kier molecular flexibility index (Phi) is 7.31. The molecule has 162 valence electrons. The van der Waals surface area contributed by atoms with E-state index in [1.807, 2.05) is 38.1 Å². The van der Waals surface area contributed by atoms with Crippen LogP contribution >= 0.6 is 11.6 Å². The topological polar surface area (TPSA) is 82.5 Å². The standard InChI is InChI=1S/C23H24ClN3O4/c1-15-12-19(13-16(2)23(15)24)31-14-21(28)25-10-11-27-22(29)9-8-20(26-27)17-4-6-18(30-3)7-5-17/h4-9,12-13H,10-11,14H2,1-3H3,(H,25,28). The third kappa shape index (κ3) is 5.86. The van der Waals surface area contributed by atoms with E-state index in [9.17, 15) is 9.59 Å². The largest absolute Gasteiger partial charge is 0.497 e. The van der Waals surface area contributed by atoms with Crippen molar-refractivity contribution in [3.05, 3.63) is 75.0 Å². The molecule has 0 radical (unpaired) electrons. The molecule has 0 unspecified atom stereocenters. The molecule has 2 aromatic carbocycles. The van der Waals surface area contributed by atoms with E-state index in [1.165, 1.54) is 10.7 Å². The number of amides is 1. The van der Waals surface area contributed by atoms with Crippen LogP contribution < -0.4 is 20.3 Å². The van der Waals surface area contributed by atoms with Crippen LogP contribution in [0.2, 0.25) is 5.02 Å². The number of aryl methyl sites for hydroxylation is 2. The molecule has 0 spiro atoms. The quantitative estimate of drug-likeness (QED) is 0.579. The zero-order valence-corrected chi connectivity index (χ0v) is 18.4. The van der Waals surface area contributed by atoms with Gasteiger partial charge in [0.25, 0.3) is 11.5 Å². The van der Waals surface area contributed by atoms with Crippen LogP contribution in [0, 0.1) is 13.8 Å². The van der Waals surface area contributed by atoms with Crippen molar-refractivity contribution < 1.29 is 14.3 Å². The van der Waals surface area contributed by atoms with Crippen LogP contribution in [-0.2, 0) is 11.3 Å². The predicted molar refractivity (Wildman–Crippen MR) is 120 cm³/mol. The van der Waals surface area contributed by atoms with E-state index in [-0.39, 0.29) is 31.2 Å². The van der Waals surface area contributed by atoms with Crippen molar-refractivity contribution >= 4 is 17.5 Å². The highest BCUT2D eigenvalue weighted by molar-refractivity contribution is 6.32. The molecule has 0 bridgehead atoms. The molecule has 1 amide bonds. The highest BCUT2D eigenvalue weighted by atomic mass is 35.5. The van der Waals surface area contributed by atoms with E-state index in [0.717, 1.165) is 22.4 Å². The van der Waals surface area contributed by atoms with E-state index in [2.05, 4.69) is 10.4 Å². The Hall–Kier alpha value is -3.32. The molecule has 0 aliphatic carbocycles. The molecule has 0 fully saturated rings. The lowest BCUT2D eigenvalue weighted by molar-refractivity contribution is -0.123.